The Bertz CT molecular complexity index is 533. The van der Waals surface area contributed by atoms with Gasteiger partial charge in [0.2, 0.25) is 0 Å². The zero-order valence-electron chi connectivity index (χ0n) is 9.80. The second kappa shape index (κ2) is 5.03. The zero-order chi connectivity index (χ0) is 12.5. The lowest BCUT2D eigenvalue weighted by Crippen LogP contribution is -2.10. The molecule has 1 fully saturated rings. The highest BCUT2D eigenvalue weighted by Crippen LogP contribution is 2.31. The molecule has 1 unspecified atom stereocenters. The summed E-state index contributed by atoms with van der Waals surface area (Å²) in [7, 11) is 0. The second-order valence-corrected chi connectivity index (χ2v) is 7.00. The normalized spacial score (nSPS) is 16.6. The highest BCUT2D eigenvalue weighted by molar-refractivity contribution is 9.11. The lowest BCUT2D eigenvalue weighted by molar-refractivity contribution is 0.303. The van der Waals surface area contributed by atoms with Gasteiger partial charge in [-0.1, -0.05) is 12.1 Å². The fourth-order valence-electron chi connectivity index (χ4n) is 1.79. The van der Waals surface area contributed by atoms with Gasteiger partial charge in [-0.2, -0.15) is 0 Å². The molecule has 1 atom stereocenters. The van der Waals surface area contributed by atoms with E-state index in [-0.39, 0.29) is 6.04 Å². The fourth-order valence-corrected chi connectivity index (χ4v) is 3.25. The molecule has 0 spiro atoms. The maximum Gasteiger partial charge on any atom is 0.119 e. The van der Waals surface area contributed by atoms with E-state index in [1.807, 2.05) is 18.2 Å². The number of halogens is 1. The summed E-state index contributed by atoms with van der Waals surface area (Å²) in [5.74, 6) is 0.945. The van der Waals surface area contributed by atoms with Crippen LogP contribution in [-0.2, 0) is 0 Å². The SMILES string of the molecule is NC(c1ccc(OC2CC2)cc1)c1ccc(Br)s1. The molecule has 1 aromatic carbocycles. The Kier molecular flexibility index (Phi) is 3.41. The van der Waals surface area contributed by atoms with Crippen LogP contribution in [0.2, 0.25) is 0 Å². The van der Waals surface area contributed by atoms with Crippen molar-refractivity contribution in [3.63, 3.8) is 0 Å². The van der Waals surface area contributed by atoms with E-state index in [9.17, 15) is 0 Å². The molecular formula is C14H14BrNOS. The first-order chi connectivity index (χ1) is 8.72. The van der Waals surface area contributed by atoms with E-state index in [1.165, 1.54) is 12.8 Å². The Labute approximate surface area is 119 Å². The smallest absolute Gasteiger partial charge is 0.119 e. The Morgan fingerprint density at radius 3 is 2.44 bits per heavy atom. The van der Waals surface area contributed by atoms with E-state index < -0.39 is 0 Å². The van der Waals surface area contributed by atoms with Gasteiger partial charge < -0.3 is 10.5 Å². The Morgan fingerprint density at radius 2 is 1.89 bits per heavy atom. The first-order valence-corrected chi connectivity index (χ1v) is 7.61. The summed E-state index contributed by atoms with van der Waals surface area (Å²) in [6.07, 6.45) is 2.81. The topological polar surface area (TPSA) is 35.2 Å². The number of thiophene rings is 1. The van der Waals surface area contributed by atoms with E-state index in [1.54, 1.807) is 11.3 Å². The van der Waals surface area contributed by atoms with E-state index in [0.29, 0.717) is 6.10 Å². The van der Waals surface area contributed by atoms with Crippen LogP contribution in [-0.4, -0.2) is 6.10 Å². The van der Waals surface area contributed by atoms with Crippen molar-refractivity contribution in [3.05, 3.63) is 50.6 Å². The van der Waals surface area contributed by atoms with Crippen LogP contribution in [0, 0.1) is 0 Å². The van der Waals surface area contributed by atoms with Gasteiger partial charge in [0.05, 0.1) is 15.9 Å². The molecule has 4 heteroatoms. The van der Waals surface area contributed by atoms with Gasteiger partial charge in [-0.15, -0.1) is 11.3 Å². The summed E-state index contributed by atoms with van der Waals surface area (Å²) >= 11 is 5.14. The summed E-state index contributed by atoms with van der Waals surface area (Å²) in [5.41, 5.74) is 7.36. The van der Waals surface area contributed by atoms with Crippen molar-refractivity contribution in [2.45, 2.75) is 25.0 Å². The molecule has 1 aromatic heterocycles. The quantitative estimate of drug-likeness (QED) is 0.919. The molecule has 3 rings (SSSR count). The molecule has 0 radical (unpaired) electrons. The lowest BCUT2D eigenvalue weighted by atomic mass is 10.1. The molecule has 2 aromatic rings. The summed E-state index contributed by atoms with van der Waals surface area (Å²) in [6, 6.07) is 12.2. The van der Waals surface area contributed by atoms with E-state index in [0.717, 1.165) is 20.0 Å². The third-order valence-corrected chi connectivity index (χ3v) is 4.67. The molecule has 94 valence electrons. The molecule has 2 N–H and O–H groups in total. The number of rotatable bonds is 4. The van der Waals surface area contributed by atoms with Crippen molar-refractivity contribution >= 4 is 27.3 Å². The first-order valence-electron chi connectivity index (χ1n) is 6.00. The van der Waals surface area contributed by atoms with Gasteiger partial charge in [0.25, 0.3) is 0 Å². The summed E-state index contributed by atoms with van der Waals surface area (Å²) < 4.78 is 6.84. The van der Waals surface area contributed by atoms with Crippen molar-refractivity contribution in [2.24, 2.45) is 5.73 Å². The number of benzene rings is 1. The van der Waals surface area contributed by atoms with E-state index in [2.05, 4.69) is 34.1 Å². The molecule has 18 heavy (non-hydrogen) atoms. The third kappa shape index (κ3) is 2.76. The Balaban J connectivity index is 1.74. The molecular weight excluding hydrogens is 310 g/mol. The average Bonchev–Trinajstić information content (AvgIpc) is 3.09. The van der Waals surface area contributed by atoms with Crippen LogP contribution in [0.15, 0.2) is 40.2 Å². The fraction of sp³-hybridized carbons (Fsp3) is 0.286. The lowest BCUT2D eigenvalue weighted by Gasteiger charge is -2.11. The number of hydrogen-bond acceptors (Lipinski definition) is 3. The summed E-state index contributed by atoms with van der Waals surface area (Å²) in [4.78, 5) is 1.16. The predicted octanol–water partition coefficient (Wildman–Crippen LogP) is 4.10. The molecule has 1 aliphatic carbocycles. The third-order valence-electron chi connectivity index (χ3n) is 2.97. The molecule has 0 aliphatic heterocycles. The van der Waals surface area contributed by atoms with E-state index in [4.69, 9.17) is 10.5 Å². The van der Waals surface area contributed by atoms with Crippen LogP contribution in [0.1, 0.15) is 29.3 Å². The summed E-state index contributed by atoms with van der Waals surface area (Å²) in [6.45, 7) is 0. The van der Waals surface area contributed by atoms with Gasteiger partial charge in [-0.25, -0.2) is 0 Å². The maximum atomic E-state index is 6.24. The van der Waals surface area contributed by atoms with Crippen molar-refractivity contribution in [1.82, 2.24) is 0 Å². The van der Waals surface area contributed by atoms with Crippen molar-refractivity contribution < 1.29 is 4.74 Å². The average molecular weight is 324 g/mol. The van der Waals surface area contributed by atoms with Crippen LogP contribution in [0.25, 0.3) is 0 Å². The van der Waals surface area contributed by atoms with Crippen LogP contribution in [0.4, 0.5) is 0 Å². The Hall–Kier alpha value is -0.840. The Morgan fingerprint density at radius 1 is 1.17 bits per heavy atom. The summed E-state index contributed by atoms with van der Waals surface area (Å²) in [5, 5.41) is 0. The molecule has 1 heterocycles. The van der Waals surface area contributed by atoms with Gasteiger partial charge >= 0.3 is 0 Å². The monoisotopic (exact) mass is 323 g/mol. The van der Waals surface area contributed by atoms with Crippen molar-refractivity contribution in [2.75, 3.05) is 0 Å². The predicted molar refractivity (Wildman–Crippen MR) is 78.1 cm³/mol. The van der Waals surface area contributed by atoms with Gasteiger partial charge in [-0.05, 0) is 58.6 Å². The van der Waals surface area contributed by atoms with Gasteiger partial charge in [0, 0.05) is 4.88 Å². The molecule has 1 aliphatic rings. The van der Waals surface area contributed by atoms with Crippen molar-refractivity contribution in [1.29, 1.82) is 0 Å². The van der Waals surface area contributed by atoms with Crippen molar-refractivity contribution in [3.8, 4) is 5.75 Å². The van der Waals surface area contributed by atoms with Gasteiger partial charge in [-0.3, -0.25) is 0 Å². The molecule has 0 saturated heterocycles. The minimum atomic E-state index is -0.0590. The van der Waals surface area contributed by atoms with Crippen LogP contribution >= 0.6 is 27.3 Å². The van der Waals surface area contributed by atoms with Gasteiger partial charge in [0.1, 0.15) is 5.75 Å². The van der Waals surface area contributed by atoms with E-state index >= 15 is 0 Å². The molecule has 0 amide bonds. The minimum absolute atomic E-state index is 0.0590. The minimum Gasteiger partial charge on any atom is -0.490 e. The van der Waals surface area contributed by atoms with Crippen LogP contribution in [0.3, 0.4) is 0 Å². The molecule has 2 nitrogen and oxygen atoms in total. The standard InChI is InChI=1S/C14H14BrNOS/c15-13-8-7-12(18-13)14(16)9-1-3-10(4-2-9)17-11-5-6-11/h1-4,7-8,11,14H,5-6,16H2. The zero-order valence-corrected chi connectivity index (χ0v) is 12.2. The second-order valence-electron chi connectivity index (χ2n) is 4.51. The highest BCUT2D eigenvalue weighted by atomic mass is 79.9. The first kappa shape index (κ1) is 12.2. The number of nitrogens with two attached hydrogens (primary N) is 1. The van der Waals surface area contributed by atoms with Gasteiger partial charge in [0.15, 0.2) is 0 Å². The maximum absolute atomic E-state index is 6.24. The number of ether oxygens (including phenoxy) is 1. The van der Waals surface area contributed by atoms with Crippen LogP contribution < -0.4 is 10.5 Å². The van der Waals surface area contributed by atoms with Crippen LogP contribution in [0.5, 0.6) is 5.75 Å². The highest BCUT2D eigenvalue weighted by Gasteiger charge is 2.23. The largest absolute Gasteiger partial charge is 0.490 e. The molecule has 0 bridgehead atoms. The number of hydrogen-bond donors (Lipinski definition) is 1. The molecule has 1 saturated carbocycles.